The molecule has 0 fully saturated rings. The summed E-state index contributed by atoms with van der Waals surface area (Å²) in [5.74, 6) is 0.310. The van der Waals surface area contributed by atoms with Crippen LogP contribution >= 0.6 is 0 Å². The summed E-state index contributed by atoms with van der Waals surface area (Å²) in [6.45, 7) is 2.15. The van der Waals surface area contributed by atoms with E-state index in [0.29, 0.717) is 5.76 Å². The minimum absolute atomic E-state index is 0.181. The molecule has 0 aliphatic heterocycles. The zero-order valence-electron chi connectivity index (χ0n) is 11.6. The van der Waals surface area contributed by atoms with Crippen molar-refractivity contribution in [3.63, 3.8) is 0 Å². The van der Waals surface area contributed by atoms with Gasteiger partial charge in [-0.1, -0.05) is 37.6 Å². The number of nitrogens with one attached hydrogen (secondary N) is 1. The van der Waals surface area contributed by atoms with Crippen molar-refractivity contribution in [1.82, 2.24) is 5.32 Å². The van der Waals surface area contributed by atoms with Crippen LogP contribution in [0.1, 0.15) is 36.3 Å². The lowest BCUT2D eigenvalue weighted by molar-refractivity contribution is -0.402. The normalized spacial score (nSPS) is 12.3. The summed E-state index contributed by atoms with van der Waals surface area (Å²) in [6, 6.07) is 11.1. The van der Waals surface area contributed by atoms with Gasteiger partial charge in [-0.25, -0.2) is 0 Å². The number of rotatable bonds is 6. The third kappa shape index (κ3) is 3.05. The Bertz CT molecular complexity index is 575. The largest absolute Gasteiger partial charge is 0.433 e. The number of nitro groups is 1. The summed E-state index contributed by atoms with van der Waals surface area (Å²) in [4.78, 5) is 10.1. The molecule has 1 unspecified atom stereocenters. The van der Waals surface area contributed by atoms with Crippen molar-refractivity contribution in [2.45, 2.75) is 25.8 Å². The maximum atomic E-state index is 10.7. The molecule has 1 aromatic heterocycles. The molecular weight excluding hydrogens is 256 g/mol. The fourth-order valence-electron chi connectivity index (χ4n) is 2.23. The maximum absolute atomic E-state index is 10.7. The number of nitrogens with zero attached hydrogens (tertiary/aromatic N) is 1. The second-order valence-electron chi connectivity index (χ2n) is 4.65. The first-order valence-electron chi connectivity index (χ1n) is 6.66. The third-order valence-electron chi connectivity index (χ3n) is 3.22. The highest BCUT2D eigenvalue weighted by atomic mass is 16.6. The van der Waals surface area contributed by atoms with E-state index in [-0.39, 0.29) is 11.9 Å². The van der Waals surface area contributed by atoms with Crippen LogP contribution in [0.3, 0.4) is 0 Å². The molecule has 20 heavy (non-hydrogen) atoms. The van der Waals surface area contributed by atoms with E-state index < -0.39 is 4.92 Å². The highest BCUT2D eigenvalue weighted by Gasteiger charge is 2.19. The van der Waals surface area contributed by atoms with Gasteiger partial charge in [0.15, 0.2) is 0 Å². The molecule has 2 rings (SSSR count). The van der Waals surface area contributed by atoms with E-state index in [4.69, 9.17) is 4.42 Å². The Kier molecular flexibility index (Phi) is 4.53. The van der Waals surface area contributed by atoms with E-state index in [1.54, 1.807) is 13.1 Å². The summed E-state index contributed by atoms with van der Waals surface area (Å²) in [5, 5.41) is 13.8. The zero-order valence-corrected chi connectivity index (χ0v) is 11.6. The van der Waals surface area contributed by atoms with Gasteiger partial charge >= 0.3 is 5.88 Å². The average Bonchev–Trinajstić information content (AvgIpc) is 2.92. The summed E-state index contributed by atoms with van der Waals surface area (Å²) in [5.41, 5.74) is 2.31. The Morgan fingerprint density at radius 3 is 2.45 bits per heavy atom. The lowest BCUT2D eigenvalue weighted by Gasteiger charge is -2.14. The van der Waals surface area contributed by atoms with Crippen LogP contribution in [0.15, 0.2) is 40.8 Å². The van der Waals surface area contributed by atoms with E-state index in [1.165, 1.54) is 11.6 Å². The highest BCUT2D eigenvalue weighted by molar-refractivity contribution is 5.31. The minimum Gasteiger partial charge on any atom is -0.404 e. The van der Waals surface area contributed by atoms with E-state index >= 15 is 0 Å². The van der Waals surface area contributed by atoms with Gasteiger partial charge in [-0.15, -0.1) is 0 Å². The molecule has 1 heterocycles. The molecule has 0 bridgehead atoms. The summed E-state index contributed by atoms with van der Waals surface area (Å²) in [7, 11) is 1.80. The van der Waals surface area contributed by atoms with Crippen LogP contribution in [0.5, 0.6) is 0 Å². The van der Waals surface area contributed by atoms with Crippen molar-refractivity contribution in [3.8, 4) is 0 Å². The van der Waals surface area contributed by atoms with Crippen LogP contribution in [-0.4, -0.2) is 12.0 Å². The lowest BCUT2D eigenvalue weighted by atomic mass is 10.0. The number of benzene rings is 1. The number of aryl methyl sites for hydroxylation is 1. The van der Waals surface area contributed by atoms with E-state index in [0.717, 1.165) is 18.4 Å². The second kappa shape index (κ2) is 6.34. The highest BCUT2D eigenvalue weighted by Crippen LogP contribution is 2.26. The quantitative estimate of drug-likeness (QED) is 0.647. The molecule has 5 heteroatoms. The van der Waals surface area contributed by atoms with Gasteiger partial charge in [0.1, 0.15) is 10.7 Å². The van der Waals surface area contributed by atoms with Gasteiger partial charge in [0.25, 0.3) is 0 Å². The van der Waals surface area contributed by atoms with Gasteiger partial charge in [0.2, 0.25) is 0 Å². The molecule has 0 spiro atoms. The third-order valence-corrected chi connectivity index (χ3v) is 3.22. The topological polar surface area (TPSA) is 68.3 Å². The van der Waals surface area contributed by atoms with Crippen LogP contribution in [0.2, 0.25) is 0 Å². The van der Waals surface area contributed by atoms with Gasteiger partial charge < -0.3 is 9.73 Å². The first-order chi connectivity index (χ1) is 9.65. The Morgan fingerprint density at radius 1 is 1.25 bits per heavy atom. The van der Waals surface area contributed by atoms with Crippen molar-refractivity contribution in [2.24, 2.45) is 0 Å². The van der Waals surface area contributed by atoms with E-state index in [2.05, 4.69) is 24.4 Å². The van der Waals surface area contributed by atoms with Crippen LogP contribution < -0.4 is 5.32 Å². The number of furan rings is 1. The van der Waals surface area contributed by atoms with Crippen molar-refractivity contribution >= 4 is 5.88 Å². The molecule has 1 aromatic carbocycles. The molecule has 5 nitrogen and oxygen atoms in total. The van der Waals surface area contributed by atoms with E-state index in [1.807, 2.05) is 12.1 Å². The van der Waals surface area contributed by atoms with Crippen LogP contribution in [0, 0.1) is 10.1 Å². The molecule has 1 atom stereocenters. The molecule has 2 aromatic rings. The first kappa shape index (κ1) is 14.3. The van der Waals surface area contributed by atoms with Gasteiger partial charge in [-0.3, -0.25) is 10.1 Å². The SMILES string of the molecule is CCCc1ccc(C(NC)c2ccc([N+](=O)[O-])o2)cc1. The first-order valence-corrected chi connectivity index (χ1v) is 6.66. The van der Waals surface area contributed by atoms with Gasteiger partial charge in [0.05, 0.1) is 12.1 Å². The lowest BCUT2D eigenvalue weighted by Crippen LogP contribution is -2.16. The van der Waals surface area contributed by atoms with Crippen LogP contribution in [-0.2, 0) is 6.42 Å². The molecule has 0 saturated heterocycles. The summed E-state index contributed by atoms with van der Waals surface area (Å²) >= 11 is 0. The van der Waals surface area contributed by atoms with Crippen molar-refractivity contribution in [1.29, 1.82) is 0 Å². The molecule has 0 saturated carbocycles. The molecule has 0 aliphatic carbocycles. The van der Waals surface area contributed by atoms with Crippen LogP contribution in [0.4, 0.5) is 5.88 Å². The van der Waals surface area contributed by atoms with Crippen LogP contribution in [0.25, 0.3) is 0 Å². The maximum Gasteiger partial charge on any atom is 0.433 e. The average molecular weight is 274 g/mol. The van der Waals surface area contributed by atoms with Crippen molar-refractivity contribution < 1.29 is 9.34 Å². The van der Waals surface area contributed by atoms with Gasteiger partial charge in [-0.2, -0.15) is 0 Å². The molecule has 0 radical (unpaired) electrons. The van der Waals surface area contributed by atoms with Crippen molar-refractivity contribution in [3.05, 3.63) is 63.4 Å². The molecule has 106 valence electrons. The van der Waals surface area contributed by atoms with Gasteiger partial charge in [0, 0.05) is 0 Å². The number of hydrogen-bond donors (Lipinski definition) is 1. The predicted molar refractivity (Wildman–Crippen MR) is 76.7 cm³/mol. The Morgan fingerprint density at radius 2 is 1.95 bits per heavy atom. The minimum atomic E-state index is -0.527. The predicted octanol–water partition coefficient (Wildman–Crippen LogP) is 3.45. The summed E-state index contributed by atoms with van der Waals surface area (Å²) < 4.78 is 5.27. The van der Waals surface area contributed by atoms with E-state index in [9.17, 15) is 10.1 Å². The number of hydrogen-bond acceptors (Lipinski definition) is 4. The molecular formula is C15H18N2O3. The Balaban J connectivity index is 2.24. The van der Waals surface area contributed by atoms with Crippen molar-refractivity contribution in [2.75, 3.05) is 7.05 Å². The molecule has 0 aliphatic rings. The van der Waals surface area contributed by atoms with Gasteiger partial charge in [-0.05, 0) is 30.7 Å². The Labute approximate surface area is 117 Å². The fourth-order valence-corrected chi connectivity index (χ4v) is 2.23. The monoisotopic (exact) mass is 274 g/mol. The summed E-state index contributed by atoms with van der Waals surface area (Å²) in [6.07, 6.45) is 2.16. The fraction of sp³-hybridized carbons (Fsp3) is 0.333. The smallest absolute Gasteiger partial charge is 0.404 e. The standard InChI is InChI=1S/C15H18N2O3/c1-3-4-11-5-7-12(8-6-11)15(16-2)13-9-10-14(20-13)17(18)19/h5-10,15-16H,3-4H2,1-2H3. The molecule has 1 N–H and O–H groups in total. The zero-order chi connectivity index (χ0) is 14.5. The second-order valence-corrected chi connectivity index (χ2v) is 4.65. The Hall–Kier alpha value is -2.14. The molecule has 0 amide bonds.